The molecule has 0 radical (unpaired) electrons. The van der Waals surface area contributed by atoms with Crippen LogP contribution >= 0.6 is 11.8 Å². The van der Waals surface area contributed by atoms with Crippen molar-refractivity contribution in [1.82, 2.24) is 4.90 Å². The Morgan fingerprint density at radius 3 is 1.70 bits per heavy atom. The van der Waals surface area contributed by atoms with Crippen molar-refractivity contribution >= 4 is 53.5 Å². The van der Waals surface area contributed by atoms with Crippen molar-refractivity contribution in [2.45, 2.75) is 77.4 Å². The molecule has 0 aliphatic carbocycles. The molecule has 0 aromatic carbocycles. The lowest BCUT2D eigenvalue weighted by molar-refractivity contribution is -0.205. The SMILES string of the molecule is COC(=O)C1CSC(C(OC(C)=O)C(OC(C)=O)C(OC(C)=O)C(COC(C)=O)OC(C)=O)N1C(C)=O. The summed E-state index contributed by atoms with van der Waals surface area (Å²) in [5, 5.41) is -1.13. The number of nitrogens with zero attached hydrogens (tertiary/aromatic N) is 1. The van der Waals surface area contributed by atoms with Crippen LogP contribution in [0.3, 0.4) is 0 Å². The highest BCUT2D eigenvalue weighted by Gasteiger charge is 2.53. The molecule has 1 rings (SSSR count). The number of methoxy groups -OCH3 is 1. The maximum Gasteiger partial charge on any atom is 0.329 e. The molecule has 0 aromatic rings. The second-order valence-corrected chi connectivity index (χ2v) is 9.01. The Kier molecular flexibility index (Phi) is 12.3. The number of ether oxygens (including phenoxy) is 6. The van der Waals surface area contributed by atoms with E-state index in [1.54, 1.807) is 0 Å². The first-order valence-corrected chi connectivity index (χ1v) is 12.0. The Balaban J connectivity index is 3.70. The van der Waals surface area contributed by atoms with Crippen LogP contribution in [-0.2, 0) is 62.0 Å². The number of carbonyl (C=O) groups excluding carboxylic acids is 7. The monoisotopic (exact) mass is 549 g/mol. The van der Waals surface area contributed by atoms with Crippen molar-refractivity contribution < 1.29 is 62.0 Å². The van der Waals surface area contributed by atoms with Gasteiger partial charge in [0.25, 0.3) is 0 Å². The third kappa shape index (κ3) is 9.55. The first kappa shape index (κ1) is 31.7. The van der Waals surface area contributed by atoms with Gasteiger partial charge in [-0.05, 0) is 0 Å². The van der Waals surface area contributed by atoms with E-state index < -0.39 is 84.2 Å². The summed E-state index contributed by atoms with van der Waals surface area (Å²) in [7, 11) is 1.14. The summed E-state index contributed by atoms with van der Waals surface area (Å²) in [6.45, 7) is 5.79. The van der Waals surface area contributed by atoms with Crippen molar-refractivity contribution in [3.05, 3.63) is 0 Å². The van der Waals surface area contributed by atoms with Gasteiger partial charge in [0.1, 0.15) is 18.0 Å². The summed E-state index contributed by atoms with van der Waals surface area (Å²) in [4.78, 5) is 85.6. The van der Waals surface area contributed by atoms with E-state index in [9.17, 15) is 33.6 Å². The molecule has 0 N–H and O–H groups in total. The summed E-state index contributed by atoms with van der Waals surface area (Å²) >= 11 is 1.02. The third-order valence-corrected chi connectivity index (χ3v) is 6.19. The van der Waals surface area contributed by atoms with E-state index >= 15 is 0 Å². The molecule has 1 fully saturated rings. The quantitative estimate of drug-likeness (QED) is 0.243. The van der Waals surface area contributed by atoms with E-state index in [2.05, 4.69) is 0 Å². The Morgan fingerprint density at radius 1 is 0.757 bits per heavy atom. The van der Waals surface area contributed by atoms with Gasteiger partial charge in [0.05, 0.1) is 7.11 Å². The van der Waals surface area contributed by atoms with Gasteiger partial charge < -0.3 is 33.3 Å². The van der Waals surface area contributed by atoms with Crippen LogP contribution in [0.1, 0.15) is 41.5 Å². The standard InChI is InChI=1S/C22H31NO13S/c1-10(24)23-16(22(30)31-7)9-37-21(23)20(36-15(6)29)19(35-14(5)28)18(34-13(4)27)17(33-12(3)26)8-32-11(2)25/h16-21H,8-9H2,1-7H3. The normalized spacial score (nSPS) is 19.9. The Morgan fingerprint density at radius 2 is 1.27 bits per heavy atom. The summed E-state index contributed by atoms with van der Waals surface area (Å²) in [5.41, 5.74) is 0. The first-order chi connectivity index (χ1) is 17.2. The number of amides is 1. The minimum absolute atomic E-state index is 0.0422. The van der Waals surface area contributed by atoms with Crippen LogP contribution in [0.5, 0.6) is 0 Å². The largest absolute Gasteiger partial charge is 0.467 e. The molecule has 14 nitrogen and oxygen atoms in total. The molecule has 37 heavy (non-hydrogen) atoms. The zero-order chi connectivity index (χ0) is 28.4. The Hall–Kier alpha value is -3.36. The molecule has 1 saturated heterocycles. The molecule has 1 heterocycles. The van der Waals surface area contributed by atoms with E-state index in [0.29, 0.717) is 0 Å². The lowest BCUT2D eigenvalue weighted by Crippen LogP contribution is -2.59. The molecule has 0 aromatic heterocycles. The summed E-state index contributed by atoms with van der Waals surface area (Å²) < 4.78 is 31.1. The summed E-state index contributed by atoms with van der Waals surface area (Å²) in [6.07, 6.45) is -6.40. The van der Waals surface area contributed by atoms with E-state index in [-0.39, 0.29) is 5.75 Å². The van der Waals surface area contributed by atoms with Crippen LogP contribution in [0.25, 0.3) is 0 Å². The Bertz CT molecular complexity index is 907. The first-order valence-electron chi connectivity index (χ1n) is 11.0. The molecule has 0 saturated carbocycles. The molecule has 6 atom stereocenters. The summed E-state index contributed by atoms with van der Waals surface area (Å²) in [6, 6.07) is -1.06. The van der Waals surface area contributed by atoms with Gasteiger partial charge in [0.15, 0.2) is 24.4 Å². The number of thioether (sulfide) groups is 1. The van der Waals surface area contributed by atoms with Crippen LogP contribution in [0, 0.1) is 0 Å². The molecule has 1 amide bonds. The van der Waals surface area contributed by atoms with Gasteiger partial charge in [-0.2, -0.15) is 0 Å². The number of rotatable bonds is 11. The number of hydrogen-bond donors (Lipinski definition) is 0. The van der Waals surface area contributed by atoms with Gasteiger partial charge in [-0.1, -0.05) is 0 Å². The van der Waals surface area contributed by atoms with Crippen LogP contribution < -0.4 is 0 Å². The lowest BCUT2D eigenvalue weighted by atomic mass is 10.0. The molecule has 6 unspecified atom stereocenters. The predicted octanol–water partition coefficient (Wildman–Crippen LogP) is -0.261. The highest BCUT2D eigenvalue weighted by Crippen LogP contribution is 2.37. The van der Waals surface area contributed by atoms with Crippen molar-refractivity contribution in [2.24, 2.45) is 0 Å². The van der Waals surface area contributed by atoms with E-state index in [4.69, 9.17) is 28.4 Å². The van der Waals surface area contributed by atoms with Gasteiger partial charge in [0.2, 0.25) is 5.91 Å². The second kappa shape index (κ2) is 14.4. The van der Waals surface area contributed by atoms with Crippen molar-refractivity contribution in [1.29, 1.82) is 0 Å². The van der Waals surface area contributed by atoms with Crippen molar-refractivity contribution in [3.63, 3.8) is 0 Å². The minimum atomic E-state index is -1.68. The fourth-order valence-electron chi connectivity index (χ4n) is 3.64. The van der Waals surface area contributed by atoms with Gasteiger partial charge in [-0.15, -0.1) is 11.8 Å². The molecule has 1 aliphatic rings. The third-order valence-electron chi connectivity index (χ3n) is 4.84. The lowest BCUT2D eigenvalue weighted by Gasteiger charge is -2.39. The van der Waals surface area contributed by atoms with Crippen LogP contribution in [0.15, 0.2) is 0 Å². The second-order valence-electron chi connectivity index (χ2n) is 7.86. The van der Waals surface area contributed by atoms with Gasteiger partial charge in [-0.3, -0.25) is 28.8 Å². The maximum absolute atomic E-state index is 12.6. The zero-order valence-corrected chi connectivity index (χ0v) is 22.4. The Labute approximate surface area is 217 Å². The fourth-order valence-corrected chi connectivity index (χ4v) is 5.18. The van der Waals surface area contributed by atoms with Gasteiger partial charge in [0, 0.05) is 47.3 Å². The van der Waals surface area contributed by atoms with Crippen LogP contribution in [-0.4, -0.2) is 102 Å². The molecule has 15 heteroatoms. The molecule has 1 aliphatic heterocycles. The number of esters is 6. The number of hydrogen-bond acceptors (Lipinski definition) is 14. The van der Waals surface area contributed by atoms with Crippen molar-refractivity contribution in [3.8, 4) is 0 Å². The molecular weight excluding hydrogens is 518 g/mol. The van der Waals surface area contributed by atoms with E-state index in [0.717, 1.165) is 58.4 Å². The van der Waals surface area contributed by atoms with E-state index in [1.165, 1.54) is 6.92 Å². The van der Waals surface area contributed by atoms with Crippen LogP contribution in [0.2, 0.25) is 0 Å². The minimum Gasteiger partial charge on any atom is -0.467 e. The highest BCUT2D eigenvalue weighted by atomic mass is 32.2. The fraction of sp³-hybridized carbons (Fsp3) is 0.682. The van der Waals surface area contributed by atoms with Crippen molar-refractivity contribution in [2.75, 3.05) is 19.5 Å². The molecule has 0 bridgehead atoms. The number of carbonyl (C=O) groups is 7. The molecule has 0 spiro atoms. The van der Waals surface area contributed by atoms with Crippen LogP contribution in [0.4, 0.5) is 0 Å². The molecule has 208 valence electrons. The maximum atomic E-state index is 12.6. The average molecular weight is 550 g/mol. The highest BCUT2D eigenvalue weighted by molar-refractivity contribution is 8.00. The smallest absolute Gasteiger partial charge is 0.329 e. The topological polar surface area (TPSA) is 178 Å². The summed E-state index contributed by atoms with van der Waals surface area (Å²) in [5.74, 6) is -5.57. The van der Waals surface area contributed by atoms with Gasteiger partial charge in [-0.25, -0.2) is 4.79 Å². The average Bonchev–Trinajstić information content (AvgIpc) is 3.21. The van der Waals surface area contributed by atoms with E-state index in [1.807, 2.05) is 0 Å². The predicted molar refractivity (Wildman–Crippen MR) is 123 cm³/mol. The van der Waals surface area contributed by atoms with Gasteiger partial charge >= 0.3 is 35.8 Å². The molecular formula is C22H31NO13S. The zero-order valence-electron chi connectivity index (χ0n) is 21.5.